The van der Waals surface area contributed by atoms with Crippen LogP contribution in [0.4, 0.5) is 0 Å². The SMILES string of the molecule is COCCN1CC(C(=O)NCc2cc(=O)c(O)cn2C)CC1=O. The van der Waals surface area contributed by atoms with Crippen LogP contribution < -0.4 is 10.7 Å². The molecule has 0 aromatic carbocycles. The van der Waals surface area contributed by atoms with E-state index in [0.717, 1.165) is 0 Å². The van der Waals surface area contributed by atoms with Gasteiger partial charge in [-0.15, -0.1) is 0 Å². The van der Waals surface area contributed by atoms with Crippen LogP contribution in [0.15, 0.2) is 17.1 Å². The number of carbonyl (C=O) groups is 2. The summed E-state index contributed by atoms with van der Waals surface area (Å²) in [6.07, 6.45) is 1.49. The number of likely N-dealkylation sites (tertiary alicyclic amines) is 1. The number of ether oxygens (including phenoxy) is 1. The van der Waals surface area contributed by atoms with E-state index in [9.17, 15) is 19.5 Å². The van der Waals surface area contributed by atoms with Crippen molar-refractivity contribution in [1.82, 2.24) is 14.8 Å². The predicted molar refractivity (Wildman–Crippen MR) is 81.8 cm³/mol. The summed E-state index contributed by atoms with van der Waals surface area (Å²) in [7, 11) is 3.24. The summed E-state index contributed by atoms with van der Waals surface area (Å²) in [6, 6.07) is 1.28. The third-order valence-electron chi connectivity index (χ3n) is 3.91. The molecule has 2 rings (SSSR count). The average Bonchev–Trinajstić information content (AvgIpc) is 2.88. The van der Waals surface area contributed by atoms with Gasteiger partial charge in [-0.05, 0) is 0 Å². The van der Waals surface area contributed by atoms with Crippen LogP contribution in [0.1, 0.15) is 12.1 Å². The molecule has 1 unspecified atom stereocenters. The second-order valence-electron chi connectivity index (χ2n) is 5.58. The molecule has 0 saturated carbocycles. The van der Waals surface area contributed by atoms with Crippen molar-refractivity contribution in [3.63, 3.8) is 0 Å². The summed E-state index contributed by atoms with van der Waals surface area (Å²) in [6.45, 7) is 1.46. The quantitative estimate of drug-likeness (QED) is 0.714. The number of methoxy groups -OCH3 is 1. The Hall–Kier alpha value is -2.35. The third kappa shape index (κ3) is 4.10. The van der Waals surface area contributed by atoms with Gasteiger partial charge in [0.25, 0.3) is 0 Å². The first-order valence-corrected chi connectivity index (χ1v) is 7.35. The van der Waals surface area contributed by atoms with Crippen molar-refractivity contribution in [2.24, 2.45) is 13.0 Å². The molecule has 1 atom stereocenters. The van der Waals surface area contributed by atoms with Crippen LogP contribution in [0.3, 0.4) is 0 Å². The van der Waals surface area contributed by atoms with Crippen molar-refractivity contribution in [2.45, 2.75) is 13.0 Å². The van der Waals surface area contributed by atoms with Crippen LogP contribution in [0.5, 0.6) is 5.75 Å². The molecule has 2 heterocycles. The van der Waals surface area contributed by atoms with Gasteiger partial charge in [0.2, 0.25) is 17.2 Å². The van der Waals surface area contributed by atoms with Crippen molar-refractivity contribution in [2.75, 3.05) is 26.8 Å². The Labute approximate surface area is 133 Å². The van der Waals surface area contributed by atoms with Crippen LogP contribution in [0.2, 0.25) is 0 Å². The molecule has 2 amide bonds. The molecule has 1 saturated heterocycles. The zero-order chi connectivity index (χ0) is 17.0. The molecule has 1 aromatic rings. The maximum Gasteiger partial charge on any atom is 0.225 e. The molecule has 1 fully saturated rings. The van der Waals surface area contributed by atoms with Gasteiger partial charge in [0.15, 0.2) is 5.75 Å². The van der Waals surface area contributed by atoms with E-state index in [-0.39, 0.29) is 30.5 Å². The van der Waals surface area contributed by atoms with Crippen molar-refractivity contribution in [3.05, 3.63) is 28.2 Å². The first-order valence-electron chi connectivity index (χ1n) is 7.35. The van der Waals surface area contributed by atoms with Gasteiger partial charge in [0.1, 0.15) is 0 Å². The molecule has 0 spiro atoms. The summed E-state index contributed by atoms with van der Waals surface area (Å²) in [5, 5.41) is 12.1. The maximum atomic E-state index is 12.2. The summed E-state index contributed by atoms with van der Waals surface area (Å²) in [5.74, 6) is -1.01. The molecule has 1 aromatic heterocycles. The van der Waals surface area contributed by atoms with Crippen LogP contribution in [-0.2, 0) is 27.9 Å². The van der Waals surface area contributed by atoms with E-state index in [2.05, 4.69) is 5.32 Å². The fourth-order valence-corrected chi connectivity index (χ4v) is 2.52. The standard InChI is InChI=1S/C15H21N3O5/c1-17-9-13(20)12(19)6-11(17)7-16-15(22)10-5-14(21)18(8-10)3-4-23-2/h6,9-10,20H,3-5,7-8H2,1-2H3,(H,16,22). The molecular weight excluding hydrogens is 302 g/mol. The Morgan fingerprint density at radius 1 is 1.48 bits per heavy atom. The van der Waals surface area contributed by atoms with Gasteiger partial charge in [-0.2, -0.15) is 0 Å². The van der Waals surface area contributed by atoms with Gasteiger partial charge in [0, 0.05) is 51.6 Å². The number of pyridine rings is 1. The minimum Gasteiger partial charge on any atom is -0.503 e. The number of aryl methyl sites for hydroxylation is 1. The van der Waals surface area contributed by atoms with Crippen LogP contribution >= 0.6 is 0 Å². The Bertz CT molecular complexity index is 655. The van der Waals surface area contributed by atoms with E-state index in [4.69, 9.17) is 4.74 Å². The van der Waals surface area contributed by atoms with Crippen LogP contribution in [0, 0.1) is 5.92 Å². The van der Waals surface area contributed by atoms with Crippen molar-refractivity contribution in [3.8, 4) is 5.75 Å². The average molecular weight is 323 g/mol. The summed E-state index contributed by atoms with van der Waals surface area (Å²) in [4.78, 5) is 37.1. The number of rotatable bonds is 6. The highest BCUT2D eigenvalue weighted by atomic mass is 16.5. The van der Waals surface area contributed by atoms with Gasteiger partial charge in [-0.25, -0.2) is 0 Å². The van der Waals surface area contributed by atoms with E-state index in [0.29, 0.717) is 25.4 Å². The molecular formula is C15H21N3O5. The molecule has 0 radical (unpaired) electrons. The van der Waals surface area contributed by atoms with E-state index in [1.165, 1.54) is 12.3 Å². The first kappa shape index (κ1) is 17.0. The molecule has 0 aliphatic carbocycles. The summed E-state index contributed by atoms with van der Waals surface area (Å²) >= 11 is 0. The third-order valence-corrected chi connectivity index (χ3v) is 3.91. The molecule has 1 aliphatic rings. The van der Waals surface area contributed by atoms with Gasteiger partial charge < -0.3 is 24.6 Å². The lowest BCUT2D eigenvalue weighted by molar-refractivity contribution is -0.129. The lowest BCUT2D eigenvalue weighted by atomic mass is 10.1. The normalized spacial score (nSPS) is 17.6. The highest BCUT2D eigenvalue weighted by Crippen LogP contribution is 2.17. The summed E-state index contributed by atoms with van der Waals surface area (Å²) in [5.41, 5.74) is 0.0795. The smallest absolute Gasteiger partial charge is 0.225 e. The van der Waals surface area contributed by atoms with Gasteiger partial charge in [-0.1, -0.05) is 0 Å². The van der Waals surface area contributed by atoms with Crippen LogP contribution in [-0.4, -0.2) is 53.2 Å². The lowest BCUT2D eigenvalue weighted by Crippen LogP contribution is -2.34. The number of aromatic hydroxyl groups is 1. The number of nitrogens with zero attached hydrogens (tertiary/aromatic N) is 2. The molecule has 1 aliphatic heterocycles. The van der Waals surface area contributed by atoms with E-state index in [1.54, 1.807) is 23.6 Å². The topological polar surface area (TPSA) is 101 Å². The Morgan fingerprint density at radius 3 is 2.91 bits per heavy atom. The van der Waals surface area contributed by atoms with Crippen LogP contribution in [0.25, 0.3) is 0 Å². The Balaban J connectivity index is 1.92. The Morgan fingerprint density at radius 2 is 2.22 bits per heavy atom. The summed E-state index contributed by atoms with van der Waals surface area (Å²) < 4.78 is 6.51. The molecule has 23 heavy (non-hydrogen) atoms. The van der Waals surface area contributed by atoms with Crippen molar-refractivity contribution < 1.29 is 19.4 Å². The number of amides is 2. The van der Waals surface area contributed by atoms with E-state index in [1.807, 2.05) is 0 Å². The molecule has 126 valence electrons. The van der Waals surface area contributed by atoms with E-state index >= 15 is 0 Å². The second-order valence-corrected chi connectivity index (χ2v) is 5.58. The number of hydrogen-bond donors (Lipinski definition) is 2. The fraction of sp³-hybridized carbons (Fsp3) is 0.533. The fourth-order valence-electron chi connectivity index (χ4n) is 2.52. The predicted octanol–water partition coefficient (Wildman–Crippen LogP) is -0.798. The number of aromatic nitrogens is 1. The van der Waals surface area contributed by atoms with E-state index < -0.39 is 11.3 Å². The minimum absolute atomic E-state index is 0.0563. The molecule has 2 N–H and O–H groups in total. The van der Waals surface area contributed by atoms with Gasteiger partial charge >= 0.3 is 0 Å². The molecule has 8 heteroatoms. The monoisotopic (exact) mass is 323 g/mol. The number of nitrogens with one attached hydrogen (secondary N) is 1. The van der Waals surface area contributed by atoms with Gasteiger partial charge in [-0.3, -0.25) is 14.4 Å². The maximum absolute atomic E-state index is 12.2. The second kappa shape index (κ2) is 7.28. The highest BCUT2D eigenvalue weighted by molar-refractivity contribution is 5.89. The van der Waals surface area contributed by atoms with Crippen molar-refractivity contribution >= 4 is 11.8 Å². The highest BCUT2D eigenvalue weighted by Gasteiger charge is 2.33. The lowest BCUT2D eigenvalue weighted by Gasteiger charge is -2.16. The number of carbonyl (C=O) groups excluding carboxylic acids is 2. The molecule has 8 nitrogen and oxygen atoms in total. The first-order chi connectivity index (χ1) is 10.9. The number of hydrogen-bond acceptors (Lipinski definition) is 5. The zero-order valence-corrected chi connectivity index (χ0v) is 13.2. The van der Waals surface area contributed by atoms with Gasteiger partial charge in [0.05, 0.1) is 19.1 Å². The zero-order valence-electron chi connectivity index (χ0n) is 13.2. The molecule has 0 bridgehead atoms. The largest absolute Gasteiger partial charge is 0.503 e. The Kier molecular flexibility index (Phi) is 5.38. The minimum atomic E-state index is -0.492. The van der Waals surface area contributed by atoms with Crippen molar-refractivity contribution in [1.29, 1.82) is 0 Å².